The topological polar surface area (TPSA) is 56.1 Å². The zero-order valence-electron chi connectivity index (χ0n) is 14.2. The number of carbonyl (C=O) groups excluding carboxylic acids is 1. The number of rotatable bonds is 7. The number of para-hydroxylation sites is 2. The first kappa shape index (κ1) is 16.8. The van der Waals surface area contributed by atoms with E-state index < -0.39 is 0 Å². The highest BCUT2D eigenvalue weighted by atomic mass is 16.5. The largest absolute Gasteiger partial charge is 0.493 e. The van der Waals surface area contributed by atoms with Gasteiger partial charge in [-0.25, -0.2) is 4.68 Å². The smallest absolute Gasteiger partial charge is 0.255 e. The molecule has 5 heteroatoms. The van der Waals surface area contributed by atoms with Crippen LogP contribution in [0.1, 0.15) is 22.8 Å². The molecular weight excluding hydrogens is 314 g/mol. The molecular formula is C20H21N3O2. The number of nitrogens with zero attached hydrogens (tertiary/aromatic N) is 2. The summed E-state index contributed by atoms with van der Waals surface area (Å²) in [5.41, 5.74) is 2.65. The van der Waals surface area contributed by atoms with Crippen molar-refractivity contribution < 1.29 is 9.53 Å². The second-order valence-corrected chi connectivity index (χ2v) is 5.56. The fourth-order valence-electron chi connectivity index (χ4n) is 2.56. The second-order valence-electron chi connectivity index (χ2n) is 5.56. The third kappa shape index (κ3) is 4.26. The summed E-state index contributed by atoms with van der Waals surface area (Å²) >= 11 is 0. The molecule has 3 rings (SSSR count). The summed E-state index contributed by atoms with van der Waals surface area (Å²) in [6.45, 7) is 2.97. The van der Waals surface area contributed by atoms with Gasteiger partial charge in [0.1, 0.15) is 5.75 Å². The van der Waals surface area contributed by atoms with Crippen LogP contribution >= 0.6 is 0 Å². The van der Waals surface area contributed by atoms with E-state index in [1.807, 2.05) is 72.5 Å². The van der Waals surface area contributed by atoms with Crippen LogP contribution in [0, 0.1) is 0 Å². The van der Waals surface area contributed by atoms with E-state index in [4.69, 9.17) is 4.74 Å². The number of carbonyl (C=O) groups is 1. The third-order valence-corrected chi connectivity index (χ3v) is 3.79. The van der Waals surface area contributed by atoms with Gasteiger partial charge in [0.25, 0.3) is 5.91 Å². The molecule has 0 saturated carbocycles. The van der Waals surface area contributed by atoms with E-state index in [-0.39, 0.29) is 5.91 Å². The summed E-state index contributed by atoms with van der Waals surface area (Å²) in [5.74, 6) is 0.485. The summed E-state index contributed by atoms with van der Waals surface area (Å²) < 4.78 is 7.34. The highest BCUT2D eigenvalue weighted by Crippen LogP contribution is 2.17. The van der Waals surface area contributed by atoms with Crippen molar-refractivity contribution in [2.24, 2.45) is 0 Å². The molecule has 128 valence electrons. The number of hydrogen-bond acceptors (Lipinski definition) is 3. The van der Waals surface area contributed by atoms with Crippen molar-refractivity contribution >= 4 is 5.91 Å². The number of nitrogens with one attached hydrogen (secondary N) is 1. The second kappa shape index (κ2) is 8.15. The molecule has 0 bridgehead atoms. The molecule has 0 unspecified atom stereocenters. The maximum atomic E-state index is 12.3. The Morgan fingerprint density at radius 3 is 2.68 bits per heavy atom. The summed E-state index contributed by atoms with van der Waals surface area (Å²) in [5, 5.41) is 7.30. The standard InChI is InChI=1S/C20H21N3O2/c1-2-25-19-11-7-6-10-18(19)20(24)21-13-12-16-14-22-23(15-16)17-8-4-3-5-9-17/h3-11,14-15H,2,12-13H2,1H3,(H,21,24). The zero-order chi connectivity index (χ0) is 17.5. The van der Waals surface area contributed by atoms with E-state index in [1.165, 1.54) is 0 Å². The van der Waals surface area contributed by atoms with E-state index in [0.29, 0.717) is 24.5 Å². The van der Waals surface area contributed by atoms with E-state index in [1.54, 1.807) is 6.07 Å². The Hall–Kier alpha value is -3.08. The Morgan fingerprint density at radius 2 is 1.88 bits per heavy atom. The van der Waals surface area contributed by atoms with Gasteiger partial charge in [-0.05, 0) is 43.2 Å². The van der Waals surface area contributed by atoms with Crippen molar-refractivity contribution in [3.05, 3.63) is 78.1 Å². The average Bonchev–Trinajstić information content (AvgIpc) is 3.12. The van der Waals surface area contributed by atoms with Gasteiger partial charge in [0, 0.05) is 12.7 Å². The zero-order valence-corrected chi connectivity index (χ0v) is 14.2. The van der Waals surface area contributed by atoms with Crippen molar-refractivity contribution in [3.8, 4) is 11.4 Å². The van der Waals surface area contributed by atoms with Crippen LogP contribution in [0.5, 0.6) is 5.75 Å². The van der Waals surface area contributed by atoms with Crippen LogP contribution in [0.3, 0.4) is 0 Å². The Bertz CT molecular complexity index is 828. The molecule has 25 heavy (non-hydrogen) atoms. The minimum absolute atomic E-state index is 0.125. The van der Waals surface area contributed by atoms with Gasteiger partial charge in [0.15, 0.2) is 0 Å². The van der Waals surface area contributed by atoms with Gasteiger partial charge in [-0.2, -0.15) is 5.10 Å². The van der Waals surface area contributed by atoms with Gasteiger partial charge in [0.2, 0.25) is 0 Å². The number of hydrogen-bond donors (Lipinski definition) is 1. The molecule has 1 amide bonds. The Morgan fingerprint density at radius 1 is 1.12 bits per heavy atom. The molecule has 0 aliphatic rings. The van der Waals surface area contributed by atoms with Gasteiger partial charge in [0.05, 0.1) is 24.1 Å². The average molecular weight is 335 g/mol. The van der Waals surface area contributed by atoms with E-state index >= 15 is 0 Å². The van der Waals surface area contributed by atoms with Gasteiger partial charge in [-0.1, -0.05) is 30.3 Å². The van der Waals surface area contributed by atoms with Crippen LogP contribution in [-0.4, -0.2) is 28.8 Å². The van der Waals surface area contributed by atoms with Crippen LogP contribution in [0.15, 0.2) is 67.0 Å². The Kier molecular flexibility index (Phi) is 5.46. The molecule has 1 N–H and O–H groups in total. The molecule has 0 aliphatic heterocycles. The molecule has 3 aromatic rings. The van der Waals surface area contributed by atoms with Gasteiger partial charge < -0.3 is 10.1 Å². The van der Waals surface area contributed by atoms with Crippen molar-refractivity contribution in [1.29, 1.82) is 0 Å². The van der Waals surface area contributed by atoms with Gasteiger partial charge in [-0.15, -0.1) is 0 Å². The first-order chi connectivity index (χ1) is 12.3. The van der Waals surface area contributed by atoms with E-state index in [0.717, 1.165) is 17.7 Å². The van der Waals surface area contributed by atoms with E-state index in [9.17, 15) is 4.79 Å². The lowest BCUT2D eigenvalue weighted by Crippen LogP contribution is -2.26. The van der Waals surface area contributed by atoms with Crippen LogP contribution in [0.25, 0.3) is 5.69 Å². The lowest BCUT2D eigenvalue weighted by molar-refractivity contribution is 0.0950. The number of benzene rings is 2. The quantitative estimate of drug-likeness (QED) is 0.721. The van der Waals surface area contributed by atoms with Crippen molar-refractivity contribution in [3.63, 3.8) is 0 Å². The SMILES string of the molecule is CCOc1ccccc1C(=O)NCCc1cnn(-c2ccccc2)c1. The highest BCUT2D eigenvalue weighted by Gasteiger charge is 2.11. The summed E-state index contributed by atoms with van der Waals surface area (Å²) in [7, 11) is 0. The molecule has 0 atom stereocenters. The lowest BCUT2D eigenvalue weighted by atomic mass is 10.2. The van der Waals surface area contributed by atoms with Crippen LogP contribution < -0.4 is 10.1 Å². The number of amides is 1. The third-order valence-electron chi connectivity index (χ3n) is 3.79. The van der Waals surface area contributed by atoms with Crippen LogP contribution in [0.4, 0.5) is 0 Å². The molecule has 1 heterocycles. The first-order valence-electron chi connectivity index (χ1n) is 8.37. The lowest BCUT2D eigenvalue weighted by Gasteiger charge is -2.10. The Labute approximate surface area is 147 Å². The molecule has 0 spiro atoms. The highest BCUT2D eigenvalue weighted by molar-refractivity contribution is 5.96. The predicted octanol–water partition coefficient (Wildman–Crippen LogP) is 3.24. The van der Waals surface area contributed by atoms with Crippen molar-refractivity contribution in [2.75, 3.05) is 13.2 Å². The van der Waals surface area contributed by atoms with Crippen LogP contribution in [0.2, 0.25) is 0 Å². The minimum Gasteiger partial charge on any atom is -0.493 e. The minimum atomic E-state index is -0.125. The molecule has 5 nitrogen and oxygen atoms in total. The van der Waals surface area contributed by atoms with Gasteiger partial charge >= 0.3 is 0 Å². The molecule has 1 aromatic heterocycles. The monoisotopic (exact) mass is 335 g/mol. The first-order valence-corrected chi connectivity index (χ1v) is 8.37. The predicted molar refractivity (Wildman–Crippen MR) is 97.2 cm³/mol. The number of ether oxygens (including phenoxy) is 1. The summed E-state index contributed by atoms with van der Waals surface area (Å²) in [6.07, 6.45) is 4.53. The molecule has 0 saturated heterocycles. The van der Waals surface area contributed by atoms with Gasteiger partial charge in [-0.3, -0.25) is 4.79 Å². The molecule has 2 aromatic carbocycles. The molecule has 0 fully saturated rings. The maximum absolute atomic E-state index is 12.3. The fraction of sp³-hybridized carbons (Fsp3) is 0.200. The van der Waals surface area contributed by atoms with Crippen molar-refractivity contribution in [1.82, 2.24) is 15.1 Å². The van der Waals surface area contributed by atoms with Crippen molar-refractivity contribution in [2.45, 2.75) is 13.3 Å². The maximum Gasteiger partial charge on any atom is 0.255 e. The van der Waals surface area contributed by atoms with Crippen LogP contribution in [-0.2, 0) is 6.42 Å². The Balaban J connectivity index is 1.57. The normalized spacial score (nSPS) is 10.4. The number of aromatic nitrogens is 2. The molecule has 0 radical (unpaired) electrons. The van der Waals surface area contributed by atoms with E-state index in [2.05, 4.69) is 10.4 Å². The fourth-order valence-corrected chi connectivity index (χ4v) is 2.56. The molecule has 0 aliphatic carbocycles. The summed E-state index contributed by atoms with van der Waals surface area (Å²) in [4.78, 5) is 12.3. The summed E-state index contributed by atoms with van der Waals surface area (Å²) in [6, 6.07) is 17.2.